The first kappa shape index (κ1) is 35.3. The quantitative estimate of drug-likeness (QED) is 0.133. The second kappa shape index (κ2) is 16.1. The van der Waals surface area contributed by atoms with E-state index in [1.807, 2.05) is 67.0 Å². The molecule has 2 atom stereocenters. The maximum atomic E-state index is 10.9. The number of aliphatic hydroxyl groups is 1. The zero-order chi connectivity index (χ0) is 36.0. The van der Waals surface area contributed by atoms with Crippen molar-refractivity contribution in [3.05, 3.63) is 155 Å². The van der Waals surface area contributed by atoms with Gasteiger partial charge in [0.2, 0.25) is 0 Å². The van der Waals surface area contributed by atoms with E-state index in [2.05, 4.69) is 77.5 Å². The number of benzene rings is 2. The van der Waals surface area contributed by atoms with Gasteiger partial charge in [0.25, 0.3) is 0 Å². The van der Waals surface area contributed by atoms with Crippen LogP contribution in [-0.2, 0) is 0 Å². The molecule has 2 unspecified atom stereocenters. The molecule has 14 heteroatoms. The van der Waals surface area contributed by atoms with E-state index in [9.17, 15) is 5.11 Å². The lowest BCUT2D eigenvalue weighted by Crippen LogP contribution is -2.21. The zero-order valence-electron chi connectivity index (χ0n) is 27.9. The molecule has 2 aromatic carbocycles. The Labute approximate surface area is 317 Å². The first-order valence-electron chi connectivity index (χ1n) is 16.0. The van der Waals surface area contributed by atoms with Crippen LogP contribution in [0.25, 0.3) is 42.3 Å². The zero-order valence-corrected chi connectivity index (χ0v) is 31.0. The summed E-state index contributed by atoms with van der Waals surface area (Å²) in [6.45, 7) is 0. The van der Waals surface area contributed by atoms with E-state index in [1.165, 1.54) is 28.7 Å². The number of H-pyrrole nitrogens is 2. The molecule has 260 valence electrons. The van der Waals surface area contributed by atoms with Crippen molar-refractivity contribution < 1.29 is 5.11 Å². The summed E-state index contributed by atoms with van der Waals surface area (Å²) >= 11 is 15.3. The average Bonchev–Trinajstić information content (AvgIpc) is 4.01. The summed E-state index contributed by atoms with van der Waals surface area (Å²) in [6.07, 6.45) is 9.33. The summed E-state index contributed by atoms with van der Waals surface area (Å²) in [5, 5.41) is 26.1. The van der Waals surface area contributed by atoms with Crippen LogP contribution in [0, 0.1) is 0 Å². The predicted molar refractivity (Wildman–Crippen MR) is 208 cm³/mol. The van der Waals surface area contributed by atoms with E-state index in [0.717, 1.165) is 47.7 Å². The third kappa shape index (κ3) is 7.87. The fraction of sp³-hybridized carbons (Fsp3) is 0.105. The number of aromatic nitrogens is 8. The third-order valence-electron chi connectivity index (χ3n) is 8.19. The molecule has 0 saturated heterocycles. The summed E-state index contributed by atoms with van der Waals surface area (Å²) in [6, 6.07) is 27.4. The smallest absolute Gasteiger partial charge is 0.165 e. The number of aromatic amines is 2. The van der Waals surface area contributed by atoms with Gasteiger partial charge in [-0.2, -0.15) is 10.2 Å². The first-order valence-corrected chi connectivity index (χ1v) is 18.4. The molecule has 0 spiro atoms. The molecule has 0 bridgehead atoms. The van der Waals surface area contributed by atoms with Crippen LogP contribution in [0.3, 0.4) is 0 Å². The molecule has 0 amide bonds. The van der Waals surface area contributed by atoms with Crippen molar-refractivity contribution in [1.29, 1.82) is 0 Å². The molecule has 0 aliphatic heterocycles. The van der Waals surface area contributed by atoms with Gasteiger partial charge >= 0.3 is 0 Å². The minimum absolute atomic E-state index is 0.0641. The normalized spacial score (nSPS) is 12.3. The number of thiophene rings is 2. The highest BCUT2D eigenvalue weighted by Gasteiger charge is 2.25. The minimum Gasteiger partial charge on any atom is -0.384 e. The van der Waals surface area contributed by atoms with Gasteiger partial charge < -0.3 is 5.11 Å². The van der Waals surface area contributed by atoms with Crippen molar-refractivity contribution in [2.75, 3.05) is 14.1 Å². The largest absolute Gasteiger partial charge is 0.384 e. The third-order valence-corrected chi connectivity index (χ3v) is 11.1. The maximum absolute atomic E-state index is 10.9. The highest BCUT2D eigenvalue weighted by Crippen LogP contribution is 2.43. The van der Waals surface area contributed by atoms with Gasteiger partial charge in [-0.25, -0.2) is 9.97 Å². The van der Waals surface area contributed by atoms with E-state index in [-0.39, 0.29) is 6.04 Å². The SMILES string of the molecule is CN(C)C(c1ccc(Cl)cc1)c1cc(-c2ccncc2)sc1-c1ncn[nH]1.OC(c1ccc(Cl)cc1)c1cc(-c2ccncc2)sc1-c1ncn[nH]1. The van der Waals surface area contributed by atoms with Crippen LogP contribution >= 0.6 is 45.9 Å². The van der Waals surface area contributed by atoms with Gasteiger partial charge in [0.05, 0.1) is 15.8 Å². The summed E-state index contributed by atoms with van der Waals surface area (Å²) in [4.78, 5) is 23.1. The van der Waals surface area contributed by atoms with Gasteiger partial charge in [0.1, 0.15) is 18.8 Å². The summed E-state index contributed by atoms with van der Waals surface area (Å²) in [5.41, 5.74) is 6.06. The number of rotatable bonds is 9. The first-order chi connectivity index (χ1) is 25.4. The maximum Gasteiger partial charge on any atom is 0.165 e. The van der Waals surface area contributed by atoms with Crippen LogP contribution in [0.2, 0.25) is 10.0 Å². The molecule has 8 rings (SSSR count). The molecule has 0 saturated carbocycles. The van der Waals surface area contributed by atoms with Crippen molar-refractivity contribution in [2.45, 2.75) is 12.1 Å². The van der Waals surface area contributed by atoms with Crippen LogP contribution < -0.4 is 0 Å². The van der Waals surface area contributed by atoms with Crippen LogP contribution in [0.5, 0.6) is 0 Å². The van der Waals surface area contributed by atoms with Crippen LogP contribution in [-0.4, -0.2) is 64.4 Å². The topological polar surface area (TPSA) is 132 Å². The summed E-state index contributed by atoms with van der Waals surface area (Å²) in [7, 11) is 4.15. The second-order valence-corrected chi connectivity index (χ2v) is 14.8. The van der Waals surface area contributed by atoms with Crippen molar-refractivity contribution in [3.63, 3.8) is 0 Å². The van der Waals surface area contributed by atoms with Crippen molar-refractivity contribution in [1.82, 2.24) is 45.2 Å². The molecule has 0 aliphatic carbocycles. The predicted octanol–water partition coefficient (Wildman–Crippen LogP) is 9.23. The fourth-order valence-electron chi connectivity index (χ4n) is 5.76. The molecule has 3 N–H and O–H groups in total. The average molecular weight is 765 g/mol. The van der Waals surface area contributed by atoms with E-state index >= 15 is 0 Å². The number of hydrogen-bond donors (Lipinski definition) is 3. The van der Waals surface area contributed by atoms with Gasteiger partial charge in [-0.1, -0.05) is 47.5 Å². The van der Waals surface area contributed by atoms with Crippen LogP contribution in [0.1, 0.15) is 34.4 Å². The number of nitrogens with zero attached hydrogens (tertiary/aromatic N) is 7. The Morgan fingerprint density at radius 1 is 0.615 bits per heavy atom. The van der Waals surface area contributed by atoms with Crippen LogP contribution in [0.4, 0.5) is 0 Å². The van der Waals surface area contributed by atoms with Crippen molar-refractivity contribution >= 4 is 45.9 Å². The van der Waals surface area contributed by atoms with Gasteiger partial charge in [0, 0.05) is 50.2 Å². The second-order valence-electron chi connectivity index (χ2n) is 11.8. The highest BCUT2D eigenvalue weighted by atomic mass is 35.5. The Morgan fingerprint density at radius 3 is 1.50 bits per heavy atom. The lowest BCUT2D eigenvalue weighted by molar-refractivity contribution is 0.221. The number of halogens is 2. The summed E-state index contributed by atoms with van der Waals surface area (Å²) < 4.78 is 0. The van der Waals surface area contributed by atoms with E-state index < -0.39 is 6.10 Å². The van der Waals surface area contributed by atoms with Gasteiger partial charge in [-0.3, -0.25) is 25.1 Å². The van der Waals surface area contributed by atoms with E-state index in [1.54, 1.807) is 47.2 Å². The Bertz CT molecular complexity index is 2310. The number of nitrogens with one attached hydrogen (secondary N) is 2. The molecular formula is C38H31Cl2N9OS2. The molecule has 8 aromatic rings. The molecule has 0 aliphatic rings. The van der Waals surface area contributed by atoms with E-state index in [4.69, 9.17) is 23.2 Å². The molecule has 52 heavy (non-hydrogen) atoms. The Kier molecular flexibility index (Phi) is 10.9. The highest BCUT2D eigenvalue weighted by molar-refractivity contribution is 7.19. The number of aliphatic hydroxyl groups excluding tert-OH is 1. The Balaban J connectivity index is 0.000000162. The Hall–Kier alpha value is -5.08. The van der Waals surface area contributed by atoms with Gasteiger partial charge in [-0.15, -0.1) is 22.7 Å². The van der Waals surface area contributed by atoms with Gasteiger partial charge in [0.15, 0.2) is 11.6 Å². The molecule has 0 radical (unpaired) electrons. The lowest BCUT2D eigenvalue weighted by Gasteiger charge is -2.25. The lowest BCUT2D eigenvalue weighted by atomic mass is 9.97. The molecule has 0 fully saturated rings. The minimum atomic E-state index is -0.788. The number of pyridine rings is 2. The standard InChI is InChI=1S/C20H18ClN5S.C18H13ClN4OS/c1-26(2)18(14-3-5-15(21)6-4-14)16-11-17(13-7-9-22-10-8-13)27-19(16)20-23-12-24-25-20;19-13-3-1-12(2-4-13)16(24)14-9-15(11-5-7-20-8-6-11)25-17(14)18-21-10-22-23-18/h3-12,18H,1-2H3,(H,23,24,25);1-10,16,24H,(H,21,22,23). The molecule has 6 heterocycles. The molecule has 6 aromatic heterocycles. The van der Waals surface area contributed by atoms with Gasteiger partial charge in [-0.05, 0) is 103 Å². The summed E-state index contributed by atoms with van der Waals surface area (Å²) in [5.74, 6) is 1.41. The van der Waals surface area contributed by atoms with E-state index in [0.29, 0.717) is 10.8 Å². The monoisotopic (exact) mass is 763 g/mol. The Morgan fingerprint density at radius 2 is 1.06 bits per heavy atom. The van der Waals surface area contributed by atoms with Crippen molar-refractivity contribution in [3.8, 4) is 42.3 Å². The van der Waals surface area contributed by atoms with Crippen LogP contribution in [0.15, 0.2) is 122 Å². The fourth-order valence-corrected chi connectivity index (χ4v) is 8.30. The molecular weight excluding hydrogens is 734 g/mol. The number of hydrogen-bond acceptors (Lipinski definition) is 10. The molecule has 10 nitrogen and oxygen atoms in total. The van der Waals surface area contributed by atoms with Crippen molar-refractivity contribution in [2.24, 2.45) is 0 Å².